The van der Waals surface area contributed by atoms with Crippen LogP contribution in [-0.2, 0) is 0 Å². The molecule has 4 heteroatoms. The highest BCUT2D eigenvalue weighted by molar-refractivity contribution is 6.04. The van der Waals surface area contributed by atoms with Crippen molar-refractivity contribution >= 4 is 11.6 Å². The van der Waals surface area contributed by atoms with Crippen LogP contribution in [0.5, 0.6) is 0 Å². The molecule has 3 aromatic rings. The number of benzene rings is 2. The summed E-state index contributed by atoms with van der Waals surface area (Å²) in [4.78, 5) is 12.1. The Hall–Kier alpha value is -2.88. The fourth-order valence-electron chi connectivity index (χ4n) is 1.95. The van der Waals surface area contributed by atoms with E-state index in [1.807, 2.05) is 48.7 Å². The Balaban J connectivity index is 1.76. The number of para-hydroxylation sites is 1. The molecule has 0 spiro atoms. The van der Waals surface area contributed by atoms with E-state index >= 15 is 0 Å². The van der Waals surface area contributed by atoms with E-state index in [-0.39, 0.29) is 5.91 Å². The van der Waals surface area contributed by atoms with Gasteiger partial charge in [-0.1, -0.05) is 30.3 Å². The molecule has 0 aliphatic carbocycles. The number of carbonyl (C=O) groups excluding carboxylic acids is 1. The SMILES string of the molecule is O=C(Nc1ccccc1)c1ccc(-c2cn[nH]c2)cc1. The Bertz CT molecular complexity index is 688. The molecule has 0 unspecified atom stereocenters. The van der Waals surface area contributed by atoms with Crippen molar-refractivity contribution in [3.63, 3.8) is 0 Å². The molecule has 2 aromatic carbocycles. The number of hydrogen-bond acceptors (Lipinski definition) is 2. The zero-order chi connectivity index (χ0) is 13.8. The second-order valence-electron chi connectivity index (χ2n) is 4.38. The number of anilines is 1. The average Bonchev–Trinajstić information content (AvgIpc) is 3.03. The van der Waals surface area contributed by atoms with Crippen molar-refractivity contribution in [3.8, 4) is 11.1 Å². The Kier molecular flexibility index (Phi) is 3.29. The van der Waals surface area contributed by atoms with Crippen LogP contribution in [-0.4, -0.2) is 16.1 Å². The van der Waals surface area contributed by atoms with E-state index in [1.165, 1.54) is 0 Å². The minimum Gasteiger partial charge on any atom is -0.322 e. The molecule has 3 rings (SSSR count). The van der Waals surface area contributed by atoms with E-state index in [0.717, 1.165) is 16.8 Å². The van der Waals surface area contributed by atoms with Crippen molar-refractivity contribution in [2.24, 2.45) is 0 Å². The molecular weight excluding hydrogens is 250 g/mol. The maximum Gasteiger partial charge on any atom is 0.255 e. The van der Waals surface area contributed by atoms with Gasteiger partial charge in [-0.05, 0) is 29.8 Å². The summed E-state index contributed by atoms with van der Waals surface area (Å²) in [5.41, 5.74) is 3.44. The van der Waals surface area contributed by atoms with Crippen molar-refractivity contribution in [1.82, 2.24) is 10.2 Å². The molecular formula is C16H13N3O. The van der Waals surface area contributed by atoms with E-state index in [9.17, 15) is 4.79 Å². The maximum absolute atomic E-state index is 12.1. The number of H-pyrrole nitrogens is 1. The van der Waals surface area contributed by atoms with Gasteiger partial charge in [-0.15, -0.1) is 0 Å². The Morgan fingerprint density at radius 2 is 1.70 bits per heavy atom. The van der Waals surface area contributed by atoms with Crippen LogP contribution < -0.4 is 5.32 Å². The van der Waals surface area contributed by atoms with Gasteiger partial charge in [0.15, 0.2) is 0 Å². The first-order chi connectivity index (χ1) is 9.83. The summed E-state index contributed by atoms with van der Waals surface area (Å²) in [6.45, 7) is 0. The van der Waals surface area contributed by atoms with Gasteiger partial charge in [-0.2, -0.15) is 5.10 Å². The fraction of sp³-hybridized carbons (Fsp3) is 0. The van der Waals surface area contributed by atoms with Crippen molar-refractivity contribution in [3.05, 3.63) is 72.6 Å². The predicted molar refractivity (Wildman–Crippen MR) is 78.4 cm³/mol. The van der Waals surface area contributed by atoms with E-state index in [2.05, 4.69) is 15.5 Å². The van der Waals surface area contributed by atoms with Gasteiger partial charge >= 0.3 is 0 Å². The van der Waals surface area contributed by atoms with Gasteiger partial charge in [0.25, 0.3) is 5.91 Å². The molecule has 0 aliphatic rings. The summed E-state index contributed by atoms with van der Waals surface area (Å²) < 4.78 is 0. The molecule has 0 fully saturated rings. The fourth-order valence-corrected chi connectivity index (χ4v) is 1.95. The number of carbonyl (C=O) groups is 1. The van der Waals surface area contributed by atoms with E-state index < -0.39 is 0 Å². The lowest BCUT2D eigenvalue weighted by Crippen LogP contribution is -2.11. The van der Waals surface area contributed by atoms with Crippen LogP contribution in [0.2, 0.25) is 0 Å². The maximum atomic E-state index is 12.1. The highest BCUT2D eigenvalue weighted by Crippen LogP contribution is 2.18. The molecule has 4 nitrogen and oxygen atoms in total. The highest BCUT2D eigenvalue weighted by atomic mass is 16.1. The average molecular weight is 263 g/mol. The van der Waals surface area contributed by atoms with Crippen LogP contribution in [0.1, 0.15) is 10.4 Å². The lowest BCUT2D eigenvalue weighted by Gasteiger charge is -2.05. The van der Waals surface area contributed by atoms with Gasteiger partial charge < -0.3 is 5.32 Å². The summed E-state index contributed by atoms with van der Waals surface area (Å²) in [7, 11) is 0. The van der Waals surface area contributed by atoms with Crippen molar-refractivity contribution < 1.29 is 4.79 Å². The van der Waals surface area contributed by atoms with E-state index in [1.54, 1.807) is 18.3 Å². The monoisotopic (exact) mass is 263 g/mol. The molecule has 98 valence electrons. The van der Waals surface area contributed by atoms with Gasteiger partial charge in [0.1, 0.15) is 0 Å². The minimum absolute atomic E-state index is 0.116. The first-order valence-electron chi connectivity index (χ1n) is 6.28. The molecule has 0 bridgehead atoms. The molecule has 2 N–H and O–H groups in total. The number of aromatic nitrogens is 2. The van der Waals surface area contributed by atoms with Crippen LogP contribution in [0.3, 0.4) is 0 Å². The number of hydrogen-bond donors (Lipinski definition) is 2. The van der Waals surface area contributed by atoms with Crippen LogP contribution in [0, 0.1) is 0 Å². The third-order valence-corrected chi connectivity index (χ3v) is 3.01. The van der Waals surface area contributed by atoms with Crippen LogP contribution in [0.25, 0.3) is 11.1 Å². The molecule has 1 amide bonds. The largest absolute Gasteiger partial charge is 0.322 e. The molecule has 0 saturated heterocycles. The third kappa shape index (κ3) is 2.59. The smallest absolute Gasteiger partial charge is 0.255 e. The third-order valence-electron chi connectivity index (χ3n) is 3.01. The lowest BCUT2D eigenvalue weighted by atomic mass is 10.1. The number of aromatic amines is 1. The molecule has 1 aromatic heterocycles. The number of nitrogens with zero attached hydrogens (tertiary/aromatic N) is 1. The Morgan fingerprint density at radius 1 is 0.950 bits per heavy atom. The summed E-state index contributed by atoms with van der Waals surface area (Å²) >= 11 is 0. The van der Waals surface area contributed by atoms with Crippen LogP contribution in [0.4, 0.5) is 5.69 Å². The van der Waals surface area contributed by atoms with Gasteiger partial charge in [0.2, 0.25) is 0 Å². The van der Waals surface area contributed by atoms with Crippen molar-refractivity contribution in [1.29, 1.82) is 0 Å². The molecule has 20 heavy (non-hydrogen) atoms. The van der Waals surface area contributed by atoms with Crippen LogP contribution >= 0.6 is 0 Å². The molecule has 1 heterocycles. The lowest BCUT2D eigenvalue weighted by molar-refractivity contribution is 0.102. The van der Waals surface area contributed by atoms with E-state index in [4.69, 9.17) is 0 Å². The second-order valence-corrected chi connectivity index (χ2v) is 4.38. The summed E-state index contributed by atoms with van der Waals surface area (Å²) in [6, 6.07) is 16.8. The van der Waals surface area contributed by atoms with E-state index in [0.29, 0.717) is 5.56 Å². The molecule has 0 atom stereocenters. The Labute approximate surface area is 116 Å². The topological polar surface area (TPSA) is 57.8 Å². The standard InChI is InChI=1S/C16H13N3O/c20-16(19-15-4-2-1-3-5-15)13-8-6-12(7-9-13)14-10-17-18-11-14/h1-11H,(H,17,18)(H,19,20). The van der Waals surface area contributed by atoms with Gasteiger partial charge in [0, 0.05) is 23.0 Å². The zero-order valence-electron chi connectivity index (χ0n) is 10.7. The molecule has 0 aliphatic heterocycles. The summed E-state index contributed by atoms with van der Waals surface area (Å²) in [5.74, 6) is -0.116. The minimum atomic E-state index is -0.116. The predicted octanol–water partition coefficient (Wildman–Crippen LogP) is 3.33. The number of rotatable bonds is 3. The number of amides is 1. The highest BCUT2D eigenvalue weighted by Gasteiger charge is 2.06. The van der Waals surface area contributed by atoms with Crippen molar-refractivity contribution in [2.75, 3.05) is 5.32 Å². The van der Waals surface area contributed by atoms with Crippen molar-refractivity contribution in [2.45, 2.75) is 0 Å². The first kappa shape index (κ1) is 12.2. The van der Waals surface area contributed by atoms with Gasteiger partial charge in [-0.3, -0.25) is 9.89 Å². The van der Waals surface area contributed by atoms with Gasteiger partial charge in [-0.25, -0.2) is 0 Å². The Morgan fingerprint density at radius 3 is 2.35 bits per heavy atom. The molecule has 0 saturated carbocycles. The summed E-state index contributed by atoms with van der Waals surface area (Å²) in [6.07, 6.45) is 3.57. The normalized spacial score (nSPS) is 10.2. The summed E-state index contributed by atoms with van der Waals surface area (Å²) in [5, 5.41) is 9.53. The van der Waals surface area contributed by atoms with Gasteiger partial charge in [0.05, 0.1) is 6.20 Å². The molecule has 0 radical (unpaired) electrons. The first-order valence-corrected chi connectivity index (χ1v) is 6.28. The van der Waals surface area contributed by atoms with Crippen LogP contribution in [0.15, 0.2) is 67.0 Å². The quantitative estimate of drug-likeness (QED) is 0.761. The number of nitrogens with one attached hydrogen (secondary N) is 2. The zero-order valence-corrected chi connectivity index (χ0v) is 10.7. The second kappa shape index (κ2) is 5.40.